The maximum absolute atomic E-state index is 13.9. The third kappa shape index (κ3) is 7.31. The number of aromatic nitrogens is 2. The van der Waals surface area contributed by atoms with Gasteiger partial charge in [0, 0.05) is 74.6 Å². The number of piperazine rings is 1. The molecule has 0 saturated carbocycles. The number of benzene rings is 3. The van der Waals surface area contributed by atoms with Crippen LogP contribution in [0.25, 0.3) is 10.9 Å². The van der Waals surface area contributed by atoms with Crippen molar-refractivity contribution < 1.29 is 18.4 Å². The van der Waals surface area contributed by atoms with Gasteiger partial charge in [0.25, 0.3) is 5.91 Å². The van der Waals surface area contributed by atoms with E-state index in [1.165, 1.54) is 12.1 Å². The molecule has 0 aliphatic carbocycles. The van der Waals surface area contributed by atoms with Crippen LogP contribution in [-0.4, -0.2) is 84.2 Å². The van der Waals surface area contributed by atoms with E-state index < -0.39 is 11.6 Å². The van der Waals surface area contributed by atoms with Gasteiger partial charge in [0.2, 0.25) is 5.91 Å². The lowest BCUT2D eigenvalue weighted by Gasteiger charge is -2.35. The smallest absolute Gasteiger partial charge is 0.258 e. The molecule has 2 aliphatic rings. The standard InChI is InChI=1S/C35H41F2N7O2/c1-3-4-33(45)44-11-9-27(10-12-44)38-32-22-28(43-15-13-42(2)14-16-43)6-7-29(32)35(46)39-34-30-20-23(5-8-31(30)40-41-34)17-24-18-25(36)21-26(37)19-24/h5-8,18-22,27,38H,3-4,9-17H2,1-2H3,(H2,39,40,41,46). The van der Waals surface area contributed by atoms with Crippen molar-refractivity contribution in [2.45, 2.75) is 45.1 Å². The molecule has 1 aromatic heterocycles. The predicted molar refractivity (Wildman–Crippen MR) is 177 cm³/mol. The molecular weight excluding hydrogens is 588 g/mol. The van der Waals surface area contributed by atoms with Gasteiger partial charge in [-0.15, -0.1) is 0 Å². The Bertz CT molecular complexity index is 1690. The zero-order valence-electron chi connectivity index (χ0n) is 26.4. The van der Waals surface area contributed by atoms with Crippen molar-refractivity contribution in [2.75, 3.05) is 61.8 Å². The molecule has 0 radical (unpaired) electrons. The molecule has 4 aromatic rings. The van der Waals surface area contributed by atoms with Crippen LogP contribution in [0.15, 0.2) is 54.6 Å². The number of carbonyl (C=O) groups is 2. The fourth-order valence-electron chi connectivity index (χ4n) is 6.37. The summed E-state index contributed by atoms with van der Waals surface area (Å²) in [5, 5.41) is 14.7. The number of halogens is 2. The number of hydrogen-bond donors (Lipinski definition) is 3. The molecule has 3 heterocycles. The Labute approximate surface area is 267 Å². The zero-order chi connectivity index (χ0) is 32.2. The molecule has 0 atom stereocenters. The van der Waals surface area contributed by atoms with Crippen LogP contribution in [-0.2, 0) is 11.2 Å². The summed E-state index contributed by atoms with van der Waals surface area (Å²) >= 11 is 0. The number of piperidine rings is 1. The van der Waals surface area contributed by atoms with E-state index in [9.17, 15) is 18.4 Å². The molecule has 3 aromatic carbocycles. The highest BCUT2D eigenvalue weighted by atomic mass is 19.1. The van der Waals surface area contributed by atoms with Gasteiger partial charge in [-0.25, -0.2) is 8.78 Å². The number of rotatable bonds is 9. The lowest BCUT2D eigenvalue weighted by atomic mass is 10.0. The van der Waals surface area contributed by atoms with Crippen LogP contribution in [0, 0.1) is 11.6 Å². The van der Waals surface area contributed by atoms with Crippen molar-refractivity contribution in [3.63, 3.8) is 0 Å². The average molecular weight is 630 g/mol. The number of likely N-dealkylation sites (tertiary alicyclic amines) is 1. The highest BCUT2D eigenvalue weighted by molar-refractivity contribution is 6.11. The molecule has 2 saturated heterocycles. The first-order valence-electron chi connectivity index (χ1n) is 16.1. The fourth-order valence-corrected chi connectivity index (χ4v) is 6.37. The Kier molecular flexibility index (Phi) is 9.48. The molecule has 0 bridgehead atoms. The molecule has 242 valence electrons. The quantitative estimate of drug-likeness (QED) is 0.222. The number of carbonyl (C=O) groups excluding carboxylic acids is 2. The SMILES string of the molecule is CCCC(=O)N1CCC(Nc2cc(N3CCN(C)CC3)ccc2C(=O)Nc2n[nH]c3ccc(Cc4cc(F)cc(F)c4)cc23)CC1. The molecule has 46 heavy (non-hydrogen) atoms. The molecule has 2 aliphatic heterocycles. The Balaban J connectivity index is 1.22. The maximum atomic E-state index is 13.9. The van der Waals surface area contributed by atoms with Crippen LogP contribution in [0.3, 0.4) is 0 Å². The number of H-pyrrole nitrogens is 1. The fraction of sp³-hybridized carbons (Fsp3) is 0.400. The van der Waals surface area contributed by atoms with Crippen molar-refractivity contribution in [1.29, 1.82) is 0 Å². The summed E-state index contributed by atoms with van der Waals surface area (Å²) in [6.07, 6.45) is 3.35. The van der Waals surface area contributed by atoms with E-state index in [2.05, 4.69) is 43.7 Å². The summed E-state index contributed by atoms with van der Waals surface area (Å²) < 4.78 is 27.6. The van der Waals surface area contributed by atoms with Gasteiger partial charge in [0.15, 0.2) is 5.82 Å². The highest BCUT2D eigenvalue weighted by Gasteiger charge is 2.25. The van der Waals surface area contributed by atoms with E-state index in [1.807, 2.05) is 42.2 Å². The number of fused-ring (bicyclic) bond motifs is 1. The normalized spacial score (nSPS) is 16.2. The van der Waals surface area contributed by atoms with E-state index >= 15 is 0 Å². The number of anilines is 3. The second-order valence-corrected chi connectivity index (χ2v) is 12.4. The topological polar surface area (TPSA) is 96.6 Å². The Hall–Kier alpha value is -4.51. The first-order valence-corrected chi connectivity index (χ1v) is 16.1. The molecule has 6 rings (SSSR count). The van der Waals surface area contributed by atoms with Gasteiger partial charge in [0.05, 0.1) is 11.1 Å². The molecular formula is C35H41F2N7O2. The number of nitrogens with zero attached hydrogens (tertiary/aromatic N) is 4. The van der Waals surface area contributed by atoms with Crippen LogP contribution < -0.4 is 15.5 Å². The van der Waals surface area contributed by atoms with Crippen LogP contribution in [0.2, 0.25) is 0 Å². The van der Waals surface area contributed by atoms with Crippen LogP contribution >= 0.6 is 0 Å². The van der Waals surface area contributed by atoms with Gasteiger partial charge >= 0.3 is 0 Å². The number of likely N-dealkylation sites (N-methyl/N-ethyl adjacent to an activating group) is 1. The van der Waals surface area contributed by atoms with Crippen molar-refractivity contribution in [2.24, 2.45) is 0 Å². The summed E-state index contributed by atoms with van der Waals surface area (Å²) in [4.78, 5) is 32.9. The first kappa shape index (κ1) is 31.5. The number of aromatic amines is 1. The Morgan fingerprint density at radius 1 is 0.913 bits per heavy atom. The zero-order valence-corrected chi connectivity index (χ0v) is 26.4. The van der Waals surface area contributed by atoms with Gasteiger partial charge in [-0.3, -0.25) is 14.7 Å². The van der Waals surface area contributed by atoms with Gasteiger partial charge < -0.3 is 25.3 Å². The summed E-state index contributed by atoms with van der Waals surface area (Å²) in [5.74, 6) is -0.953. The van der Waals surface area contributed by atoms with Crippen molar-refractivity contribution in [1.82, 2.24) is 20.0 Å². The Morgan fingerprint density at radius 2 is 1.65 bits per heavy atom. The second kappa shape index (κ2) is 13.9. The van der Waals surface area contributed by atoms with E-state index in [0.29, 0.717) is 48.3 Å². The molecule has 2 amide bonds. The largest absolute Gasteiger partial charge is 0.381 e. The minimum atomic E-state index is -0.620. The Morgan fingerprint density at radius 3 is 2.37 bits per heavy atom. The molecule has 11 heteroatoms. The third-order valence-electron chi connectivity index (χ3n) is 8.98. The molecule has 0 spiro atoms. The monoisotopic (exact) mass is 629 g/mol. The third-order valence-corrected chi connectivity index (χ3v) is 8.98. The van der Waals surface area contributed by atoms with Crippen LogP contribution in [0.1, 0.15) is 54.1 Å². The summed E-state index contributed by atoms with van der Waals surface area (Å²) in [6, 6.07) is 15.1. The van der Waals surface area contributed by atoms with E-state index in [-0.39, 0.29) is 17.9 Å². The predicted octanol–water partition coefficient (Wildman–Crippen LogP) is 5.64. The summed E-state index contributed by atoms with van der Waals surface area (Å²) in [6.45, 7) is 7.16. The minimum Gasteiger partial charge on any atom is -0.381 e. The highest BCUT2D eigenvalue weighted by Crippen LogP contribution is 2.30. The lowest BCUT2D eigenvalue weighted by molar-refractivity contribution is -0.132. The minimum absolute atomic E-state index is 0.126. The number of amides is 2. The summed E-state index contributed by atoms with van der Waals surface area (Å²) in [5.41, 5.74) is 4.40. The van der Waals surface area contributed by atoms with Crippen molar-refractivity contribution in [3.8, 4) is 0 Å². The molecule has 3 N–H and O–H groups in total. The molecule has 9 nitrogen and oxygen atoms in total. The number of hydrogen-bond acceptors (Lipinski definition) is 6. The molecule has 0 unspecified atom stereocenters. The van der Waals surface area contributed by atoms with Gasteiger partial charge in [-0.2, -0.15) is 5.10 Å². The van der Waals surface area contributed by atoms with E-state index in [1.54, 1.807) is 0 Å². The molecule has 2 fully saturated rings. The van der Waals surface area contributed by atoms with Crippen LogP contribution in [0.4, 0.5) is 26.0 Å². The maximum Gasteiger partial charge on any atom is 0.258 e. The van der Waals surface area contributed by atoms with Crippen molar-refractivity contribution >= 4 is 39.9 Å². The van der Waals surface area contributed by atoms with Gasteiger partial charge in [0.1, 0.15) is 11.6 Å². The van der Waals surface area contributed by atoms with E-state index in [4.69, 9.17) is 0 Å². The number of nitrogens with one attached hydrogen (secondary N) is 3. The summed E-state index contributed by atoms with van der Waals surface area (Å²) in [7, 11) is 2.12. The van der Waals surface area contributed by atoms with Crippen molar-refractivity contribution in [3.05, 3.63) is 82.9 Å². The van der Waals surface area contributed by atoms with Crippen LogP contribution in [0.5, 0.6) is 0 Å². The second-order valence-electron chi connectivity index (χ2n) is 12.4. The first-order chi connectivity index (χ1) is 22.2. The van der Waals surface area contributed by atoms with Gasteiger partial charge in [-0.05, 0) is 86.3 Å². The lowest BCUT2D eigenvalue weighted by Crippen LogP contribution is -2.44. The average Bonchev–Trinajstić information content (AvgIpc) is 3.43. The van der Waals surface area contributed by atoms with E-state index in [0.717, 1.165) is 74.0 Å². The van der Waals surface area contributed by atoms with Gasteiger partial charge in [-0.1, -0.05) is 13.0 Å².